The van der Waals surface area contributed by atoms with Crippen molar-refractivity contribution in [3.05, 3.63) is 64.7 Å². The van der Waals surface area contributed by atoms with Gasteiger partial charge in [0.25, 0.3) is 0 Å². The van der Waals surface area contributed by atoms with E-state index in [0.717, 1.165) is 12.0 Å². The Balaban J connectivity index is 1.71. The largest absolute Gasteiger partial charge is 0.462 e. The van der Waals surface area contributed by atoms with Crippen LogP contribution in [-0.2, 0) is 9.53 Å². The highest BCUT2D eigenvalue weighted by atomic mass is 35.5. The van der Waals surface area contributed by atoms with E-state index in [1.54, 1.807) is 31.2 Å². The van der Waals surface area contributed by atoms with Crippen molar-refractivity contribution < 1.29 is 14.3 Å². The minimum absolute atomic E-state index is 0.100. The highest BCUT2D eigenvalue weighted by Crippen LogP contribution is 2.50. The lowest BCUT2D eigenvalue weighted by Crippen LogP contribution is -2.17. The first-order chi connectivity index (χ1) is 11.6. The summed E-state index contributed by atoms with van der Waals surface area (Å²) in [5.74, 6) is -0.530. The number of carbonyl (C=O) groups excluding carboxylic acids is 2. The van der Waals surface area contributed by atoms with Crippen LogP contribution in [0.3, 0.4) is 0 Å². The van der Waals surface area contributed by atoms with Crippen LogP contribution in [0.4, 0.5) is 5.69 Å². The summed E-state index contributed by atoms with van der Waals surface area (Å²) in [5, 5.41) is 3.53. The molecule has 1 aliphatic carbocycles. The van der Waals surface area contributed by atoms with E-state index in [9.17, 15) is 9.59 Å². The third-order valence-corrected chi connectivity index (χ3v) is 4.46. The van der Waals surface area contributed by atoms with E-state index in [0.29, 0.717) is 16.3 Å². The molecule has 1 fully saturated rings. The van der Waals surface area contributed by atoms with Crippen LogP contribution >= 0.6 is 11.6 Å². The quantitative estimate of drug-likeness (QED) is 0.825. The van der Waals surface area contributed by atoms with Gasteiger partial charge in [-0.3, -0.25) is 4.79 Å². The van der Waals surface area contributed by atoms with E-state index in [4.69, 9.17) is 16.3 Å². The molecule has 124 valence electrons. The topological polar surface area (TPSA) is 55.4 Å². The van der Waals surface area contributed by atoms with Crippen molar-refractivity contribution in [2.75, 3.05) is 11.9 Å². The maximum absolute atomic E-state index is 12.5. The van der Waals surface area contributed by atoms with E-state index in [1.165, 1.54) is 0 Å². The summed E-state index contributed by atoms with van der Waals surface area (Å²) in [6.07, 6.45) is 0.761. The average molecular weight is 344 g/mol. The first-order valence-electron chi connectivity index (χ1n) is 7.93. The van der Waals surface area contributed by atoms with Crippen molar-refractivity contribution in [3.8, 4) is 0 Å². The van der Waals surface area contributed by atoms with E-state index in [1.807, 2.05) is 24.3 Å². The average Bonchev–Trinajstić information content (AvgIpc) is 3.36. The minimum atomic E-state index is -0.438. The molecular weight excluding hydrogens is 326 g/mol. The van der Waals surface area contributed by atoms with Crippen LogP contribution in [-0.4, -0.2) is 18.5 Å². The summed E-state index contributed by atoms with van der Waals surface area (Å²) in [7, 11) is 0. The fourth-order valence-corrected chi connectivity index (χ4v) is 3.08. The molecule has 1 amide bonds. The van der Waals surface area contributed by atoms with Gasteiger partial charge in [0.2, 0.25) is 5.91 Å². The molecule has 5 heteroatoms. The molecule has 0 spiro atoms. The number of nitrogens with one attached hydrogen (secondary N) is 1. The molecular formula is C19H18ClNO3. The highest BCUT2D eigenvalue weighted by molar-refractivity contribution is 6.31. The molecule has 2 atom stereocenters. The summed E-state index contributed by atoms with van der Waals surface area (Å²) >= 11 is 6.20. The number of carbonyl (C=O) groups is 2. The lowest BCUT2D eigenvalue weighted by Gasteiger charge is -2.10. The standard InChI is InChI=1S/C19H18ClNO3/c1-2-24-19(23)13-8-4-6-10-17(13)21-18(22)15-11-14(15)12-7-3-5-9-16(12)20/h3-10,14-15H,2,11H2,1H3,(H,21,22). The molecule has 0 aliphatic heterocycles. The SMILES string of the molecule is CCOC(=O)c1ccccc1NC(=O)C1CC1c1ccccc1Cl. The molecule has 0 heterocycles. The van der Waals surface area contributed by atoms with Crippen LogP contribution in [0.25, 0.3) is 0 Å². The molecule has 4 nitrogen and oxygen atoms in total. The van der Waals surface area contributed by atoms with Gasteiger partial charge in [-0.1, -0.05) is 41.9 Å². The monoisotopic (exact) mass is 343 g/mol. The predicted molar refractivity (Wildman–Crippen MR) is 93.3 cm³/mol. The first-order valence-corrected chi connectivity index (χ1v) is 8.31. The second-order valence-electron chi connectivity index (χ2n) is 5.73. The van der Waals surface area contributed by atoms with Crippen LogP contribution in [0, 0.1) is 5.92 Å². The normalized spacial score (nSPS) is 18.8. The molecule has 0 aromatic heterocycles. The lowest BCUT2D eigenvalue weighted by atomic mass is 10.1. The lowest BCUT2D eigenvalue weighted by molar-refractivity contribution is -0.117. The third-order valence-electron chi connectivity index (χ3n) is 4.11. The molecule has 2 aromatic carbocycles. The second-order valence-corrected chi connectivity index (χ2v) is 6.13. The van der Waals surface area contributed by atoms with Gasteiger partial charge in [0, 0.05) is 10.9 Å². The molecule has 0 bridgehead atoms. The predicted octanol–water partition coefficient (Wildman–Crippen LogP) is 4.26. The Kier molecular flexibility index (Phi) is 4.86. The van der Waals surface area contributed by atoms with Gasteiger partial charge in [-0.15, -0.1) is 0 Å². The molecule has 1 aliphatic rings. The smallest absolute Gasteiger partial charge is 0.340 e. The number of rotatable bonds is 5. The molecule has 1 saturated carbocycles. The van der Waals surface area contributed by atoms with Crippen molar-refractivity contribution >= 4 is 29.2 Å². The Labute approximate surface area is 145 Å². The second kappa shape index (κ2) is 7.05. The number of hydrogen-bond donors (Lipinski definition) is 1. The summed E-state index contributed by atoms with van der Waals surface area (Å²) in [6, 6.07) is 14.4. The van der Waals surface area contributed by atoms with Gasteiger partial charge in [0.15, 0.2) is 0 Å². The Morgan fingerprint density at radius 1 is 1.17 bits per heavy atom. The molecule has 0 saturated heterocycles. The Morgan fingerprint density at radius 3 is 2.62 bits per heavy atom. The molecule has 2 unspecified atom stereocenters. The van der Waals surface area contributed by atoms with Crippen molar-refractivity contribution in [3.63, 3.8) is 0 Å². The van der Waals surface area contributed by atoms with E-state index in [2.05, 4.69) is 5.32 Å². The van der Waals surface area contributed by atoms with Gasteiger partial charge in [0.05, 0.1) is 17.9 Å². The van der Waals surface area contributed by atoms with Gasteiger partial charge in [-0.05, 0) is 43.0 Å². The molecule has 2 aromatic rings. The van der Waals surface area contributed by atoms with Gasteiger partial charge in [0.1, 0.15) is 0 Å². The van der Waals surface area contributed by atoms with Gasteiger partial charge < -0.3 is 10.1 Å². The fraction of sp³-hybridized carbons (Fsp3) is 0.263. The zero-order valence-electron chi connectivity index (χ0n) is 13.3. The number of esters is 1. The van der Waals surface area contributed by atoms with Crippen molar-refractivity contribution in [2.45, 2.75) is 19.3 Å². The first kappa shape index (κ1) is 16.5. The van der Waals surface area contributed by atoms with E-state index < -0.39 is 5.97 Å². The number of hydrogen-bond acceptors (Lipinski definition) is 3. The maximum Gasteiger partial charge on any atom is 0.340 e. The van der Waals surface area contributed by atoms with Crippen LogP contribution in [0.1, 0.15) is 35.2 Å². The third kappa shape index (κ3) is 3.44. The number of benzene rings is 2. The van der Waals surface area contributed by atoms with Crippen LogP contribution in [0.5, 0.6) is 0 Å². The van der Waals surface area contributed by atoms with Crippen molar-refractivity contribution in [1.82, 2.24) is 0 Å². The number of ether oxygens (including phenoxy) is 1. The van der Waals surface area contributed by atoms with Gasteiger partial charge >= 0.3 is 5.97 Å². The van der Waals surface area contributed by atoms with Crippen LogP contribution in [0.2, 0.25) is 5.02 Å². The van der Waals surface area contributed by atoms with Gasteiger partial charge in [-0.25, -0.2) is 4.79 Å². The molecule has 1 N–H and O–H groups in total. The maximum atomic E-state index is 12.5. The molecule has 3 rings (SSSR count). The Bertz CT molecular complexity index is 775. The summed E-state index contributed by atoms with van der Waals surface area (Å²) in [5.41, 5.74) is 1.84. The number of amides is 1. The zero-order chi connectivity index (χ0) is 17.1. The zero-order valence-corrected chi connectivity index (χ0v) is 14.0. The Hall–Kier alpha value is -2.33. The molecule has 24 heavy (non-hydrogen) atoms. The van der Waals surface area contributed by atoms with E-state index in [-0.39, 0.29) is 24.3 Å². The summed E-state index contributed by atoms with van der Waals surface area (Å²) < 4.78 is 5.02. The van der Waals surface area contributed by atoms with Crippen LogP contribution < -0.4 is 5.32 Å². The van der Waals surface area contributed by atoms with E-state index >= 15 is 0 Å². The minimum Gasteiger partial charge on any atom is -0.462 e. The Morgan fingerprint density at radius 2 is 1.88 bits per heavy atom. The number of para-hydroxylation sites is 1. The summed E-state index contributed by atoms with van der Waals surface area (Å²) in [4.78, 5) is 24.5. The van der Waals surface area contributed by atoms with Crippen LogP contribution in [0.15, 0.2) is 48.5 Å². The number of halogens is 1. The fourth-order valence-electron chi connectivity index (χ4n) is 2.81. The van der Waals surface area contributed by atoms with Gasteiger partial charge in [-0.2, -0.15) is 0 Å². The van der Waals surface area contributed by atoms with Crippen molar-refractivity contribution in [1.29, 1.82) is 0 Å². The molecule has 0 radical (unpaired) electrons. The highest BCUT2D eigenvalue weighted by Gasteiger charge is 2.44. The van der Waals surface area contributed by atoms with Crippen molar-refractivity contribution in [2.24, 2.45) is 5.92 Å². The number of anilines is 1. The summed E-state index contributed by atoms with van der Waals surface area (Å²) in [6.45, 7) is 2.04.